The number of hydrogen-bond acceptors (Lipinski definition) is 1. The maximum absolute atomic E-state index is 12.2. The van der Waals surface area contributed by atoms with Gasteiger partial charge < -0.3 is 0 Å². The van der Waals surface area contributed by atoms with Crippen molar-refractivity contribution in [2.75, 3.05) is 0 Å². The molecule has 0 aromatic heterocycles. The molecule has 0 radical (unpaired) electrons. The largest absolute Gasteiger partial charge is 0.450 e. The first-order chi connectivity index (χ1) is 7.00. The summed E-state index contributed by atoms with van der Waals surface area (Å²) in [6.45, 7) is 0. The molecule has 2 rings (SSSR count). The van der Waals surface area contributed by atoms with Crippen LogP contribution in [0.5, 0.6) is 0 Å². The molecule has 1 aliphatic rings. The molecule has 0 fully saturated rings. The van der Waals surface area contributed by atoms with Crippen LogP contribution in [0.3, 0.4) is 0 Å². The summed E-state index contributed by atoms with van der Waals surface area (Å²) < 4.78 is 36.6. The van der Waals surface area contributed by atoms with Gasteiger partial charge in [-0.1, -0.05) is 36.4 Å². The van der Waals surface area contributed by atoms with Gasteiger partial charge in [0.05, 0.1) is 5.92 Å². The smallest absolute Gasteiger partial charge is 0.289 e. The number of fused-ring (bicyclic) bond motifs is 1. The Labute approximate surface area is 84.2 Å². The lowest BCUT2D eigenvalue weighted by molar-refractivity contribution is -0.171. The highest BCUT2D eigenvalue weighted by atomic mass is 19.4. The minimum Gasteiger partial charge on any atom is -0.289 e. The van der Waals surface area contributed by atoms with Gasteiger partial charge in [0.25, 0.3) is 0 Å². The molecular weight excluding hydrogens is 205 g/mol. The van der Waals surface area contributed by atoms with E-state index in [0.717, 1.165) is 0 Å². The molecule has 1 aromatic carbocycles. The zero-order valence-electron chi connectivity index (χ0n) is 7.58. The van der Waals surface area contributed by atoms with Gasteiger partial charge in [0, 0.05) is 0 Å². The molecule has 0 spiro atoms. The van der Waals surface area contributed by atoms with Gasteiger partial charge in [0.2, 0.25) is 5.78 Å². The predicted molar refractivity (Wildman–Crippen MR) is 49.3 cm³/mol. The van der Waals surface area contributed by atoms with E-state index in [2.05, 4.69) is 0 Å². The molecule has 0 saturated carbocycles. The first-order valence-electron chi connectivity index (χ1n) is 4.38. The van der Waals surface area contributed by atoms with E-state index in [0.29, 0.717) is 11.1 Å². The minimum absolute atomic E-state index is 0.430. The fourth-order valence-corrected chi connectivity index (χ4v) is 1.65. The monoisotopic (exact) mass is 212 g/mol. The van der Waals surface area contributed by atoms with Crippen LogP contribution in [0.15, 0.2) is 30.3 Å². The zero-order chi connectivity index (χ0) is 11.1. The molecule has 1 atom stereocenters. The van der Waals surface area contributed by atoms with Crippen molar-refractivity contribution in [1.82, 2.24) is 0 Å². The third-order valence-corrected chi connectivity index (χ3v) is 2.36. The van der Waals surface area contributed by atoms with Crippen LogP contribution < -0.4 is 0 Å². The number of alkyl halides is 3. The van der Waals surface area contributed by atoms with Gasteiger partial charge in [-0.25, -0.2) is 0 Å². The Morgan fingerprint density at radius 3 is 2.53 bits per heavy atom. The predicted octanol–water partition coefficient (Wildman–Crippen LogP) is 2.93. The Morgan fingerprint density at radius 1 is 1.20 bits per heavy atom. The Balaban J connectivity index is 2.37. The van der Waals surface area contributed by atoms with Crippen molar-refractivity contribution < 1.29 is 18.0 Å². The Bertz CT molecular complexity index is 432. The third-order valence-electron chi connectivity index (χ3n) is 2.36. The molecule has 1 aliphatic carbocycles. The van der Waals surface area contributed by atoms with Crippen LogP contribution in [0.2, 0.25) is 0 Å². The van der Waals surface area contributed by atoms with Crippen LogP contribution in [0.25, 0.3) is 6.08 Å². The van der Waals surface area contributed by atoms with Crippen molar-refractivity contribution in [3.05, 3.63) is 41.5 Å². The normalized spacial score (nSPS) is 19.0. The van der Waals surface area contributed by atoms with Crippen LogP contribution in [-0.4, -0.2) is 12.0 Å². The van der Waals surface area contributed by atoms with E-state index in [1.807, 2.05) is 0 Å². The highest BCUT2D eigenvalue weighted by Crippen LogP contribution is 2.35. The second kappa shape index (κ2) is 3.22. The van der Waals surface area contributed by atoms with Gasteiger partial charge >= 0.3 is 6.18 Å². The summed E-state index contributed by atoms with van der Waals surface area (Å²) in [7, 11) is 0. The first kappa shape index (κ1) is 9.96. The lowest BCUT2D eigenvalue weighted by atomic mass is 9.96. The molecule has 0 N–H and O–H groups in total. The molecule has 15 heavy (non-hydrogen) atoms. The first-order valence-corrected chi connectivity index (χ1v) is 4.38. The number of benzene rings is 1. The molecule has 1 nitrogen and oxygen atoms in total. The quantitative estimate of drug-likeness (QED) is 0.699. The standard InChI is InChI=1S/C11H7F3O/c12-11(13,14)10(15)9-6-5-7-3-1-2-4-8(7)9/h1-6,9H. The van der Waals surface area contributed by atoms with E-state index in [1.54, 1.807) is 30.3 Å². The molecule has 1 aromatic rings. The van der Waals surface area contributed by atoms with Crippen LogP contribution >= 0.6 is 0 Å². The summed E-state index contributed by atoms with van der Waals surface area (Å²) in [5, 5.41) is 0. The molecule has 0 saturated heterocycles. The molecule has 1 unspecified atom stereocenters. The van der Waals surface area contributed by atoms with Crippen molar-refractivity contribution in [3.63, 3.8) is 0 Å². The van der Waals surface area contributed by atoms with Crippen LogP contribution in [0.1, 0.15) is 17.0 Å². The molecule has 0 amide bonds. The molecule has 78 valence electrons. The zero-order valence-corrected chi connectivity index (χ0v) is 7.58. The average molecular weight is 212 g/mol. The maximum Gasteiger partial charge on any atom is 0.450 e. The number of hydrogen-bond donors (Lipinski definition) is 0. The maximum atomic E-state index is 12.2. The average Bonchev–Trinajstić information content (AvgIpc) is 2.58. The fraction of sp³-hybridized carbons (Fsp3) is 0.182. The number of halogens is 3. The third kappa shape index (κ3) is 1.67. The SMILES string of the molecule is O=C(C1C=Cc2ccccc21)C(F)(F)F. The highest BCUT2D eigenvalue weighted by Gasteiger charge is 2.44. The summed E-state index contributed by atoms with van der Waals surface area (Å²) in [6, 6.07) is 6.59. The fourth-order valence-electron chi connectivity index (χ4n) is 1.65. The molecule has 0 heterocycles. The molecule has 4 heteroatoms. The summed E-state index contributed by atoms with van der Waals surface area (Å²) >= 11 is 0. The van der Waals surface area contributed by atoms with Crippen LogP contribution in [0, 0.1) is 0 Å². The van der Waals surface area contributed by atoms with E-state index in [-0.39, 0.29) is 0 Å². The van der Waals surface area contributed by atoms with Crippen molar-refractivity contribution in [2.45, 2.75) is 12.1 Å². The lowest BCUT2D eigenvalue weighted by Crippen LogP contribution is -2.27. The van der Waals surface area contributed by atoms with Crippen LogP contribution in [-0.2, 0) is 4.79 Å². The number of Topliss-reactive ketones (excluding diaryl/α,β-unsaturated/α-hetero) is 1. The highest BCUT2D eigenvalue weighted by molar-refractivity contribution is 5.95. The summed E-state index contributed by atoms with van der Waals surface area (Å²) in [5.41, 5.74) is 1.11. The molecule has 0 aliphatic heterocycles. The van der Waals surface area contributed by atoms with Crippen molar-refractivity contribution in [2.24, 2.45) is 0 Å². The molecular formula is C11H7F3O. The van der Waals surface area contributed by atoms with Gasteiger partial charge in [-0.3, -0.25) is 4.79 Å². The number of allylic oxidation sites excluding steroid dienone is 1. The van der Waals surface area contributed by atoms with E-state index < -0.39 is 17.9 Å². The van der Waals surface area contributed by atoms with E-state index >= 15 is 0 Å². The van der Waals surface area contributed by atoms with E-state index in [1.165, 1.54) is 6.08 Å². The second-order valence-electron chi connectivity index (χ2n) is 3.33. The topological polar surface area (TPSA) is 17.1 Å². The Hall–Kier alpha value is -1.58. The number of ketones is 1. The van der Waals surface area contributed by atoms with Gasteiger partial charge in [-0.2, -0.15) is 13.2 Å². The number of carbonyl (C=O) groups is 1. The van der Waals surface area contributed by atoms with Crippen molar-refractivity contribution in [1.29, 1.82) is 0 Å². The van der Waals surface area contributed by atoms with Crippen LogP contribution in [0.4, 0.5) is 13.2 Å². The number of carbonyl (C=O) groups excluding carboxylic acids is 1. The summed E-state index contributed by atoms with van der Waals surface area (Å²) in [6.07, 6.45) is -1.93. The second-order valence-corrected chi connectivity index (χ2v) is 3.33. The number of rotatable bonds is 1. The Kier molecular flexibility index (Phi) is 2.14. The summed E-state index contributed by atoms with van der Waals surface area (Å²) in [5.74, 6) is -2.87. The Morgan fingerprint density at radius 2 is 1.87 bits per heavy atom. The molecule has 0 bridgehead atoms. The van der Waals surface area contributed by atoms with Crippen molar-refractivity contribution in [3.8, 4) is 0 Å². The van der Waals surface area contributed by atoms with Gasteiger partial charge in [0.15, 0.2) is 0 Å². The lowest BCUT2D eigenvalue weighted by Gasteiger charge is -2.11. The van der Waals surface area contributed by atoms with E-state index in [9.17, 15) is 18.0 Å². The van der Waals surface area contributed by atoms with Crippen molar-refractivity contribution >= 4 is 11.9 Å². The summed E-state index contributed by atoms with van der Waals surface area (Å²) in [4.78, 5) is 11.1. The van der Waals surface area contributed by atoms with Gasteiger partial charge in [0.1, 0.15) is 0 Å². The van der Waals surface area contributed by atoms with E-state index in [4.69, 9.17) is 0 Å². The van der Waals surface area contributed by atoms with Gasteiger partial charge in [-0.15, -0.1) is 0 Å². The minimum atomic E-state index is -4.77. The van der Waals surface area contributed by atoms with Gasteiger partial charge in [-0.05, 0) is 11.1 Å².